The topological polar surface area (TPSA) is 71.7 Å². The highest BCUT2D eigenvalue weighted by Crippen LogP contribution is 2.27. The van der Waals surface area contributed by atoms with Gasteiger partial charge in [-0.25, -0.2) is 0 Å². The van der Waals surface area contributed by atoms with Gasteiger partial charge in [0.1, 0.15) is 11.5 Å². The minimum Gasteiger partial charge on any atom is -0.366 e. The summed E-state index contributed by atoms with van der Waals surface area (Å²) in [5.41, 5.74) is 0. The summed E-state index contributed by atoms with van der Waals surface area (Å²) in [6, 6.07) is 0. The third-order valence-corrected chi connectivity index (χ3v) is 6.30. The Morgan fingerprint density at radius 3 is 2.68 bits per heavy atom. The van der Waals surface area contributed by atoms with Crippen LogP contribution < -0.4 is 0 Å². The summed E-state index contributed by atoms with van der Waals surface area (Å²) in [7, 11) is -3.52. The Kier molecular flexibility index (Phi) is 7.37. The van der Waals surface area contributed by atoms with Crippen LogP contribution in [0, 0.1) is 5.92 Å². The summed E-state index contributed by atoms with van der Waals surface area (Å²) >= 11 is 1.40. The molecule has 2 fully saturated rings. The van der Waals surface area contributed by atoms with E-state index in [0.717, 1.165) is 31.4 Å². The predicted molar refractivity (Wildman–Crippen MR) is 87.5 cm³/mol. The van der Waals surface area contributed by atoms with Gasteiger partial charge in [-0.3, -0.25) is 4.79 Å². The first kappa shape index (κ1) is 17.9. The largest absolute Gasteiger partial charge is 0.496 e. The number of carbonyl (C=O) groups excluding carboxylic acids is 2. The molecule has 7 heteroatoms. The minimum absolute atomic E-state index is 0.00861. The molecule has 0 aromatic rings. The van der Waals surface area contributed by atoms with Crippen molar-refractivity contribution in [2.24, 2.45) is 5.92 Å². The average molecular weight is 349 g/mol. The molecule has 1 aliphatic heterocycles. The van der Waals surface area contributed by atoms with Crippen molar-refractivity contribution in [1.29, 1.82) is 0 Å². The van der Waals surface area contributed by atoms with Crippen LogP contribution in [-0.2, 0) is 23.5 Å². The zero-order valence-electron chi connectivity index (χ0n) is 12.9. The first-order valence-corrected chi connectivity index (χ1v) is 10.6. The molecule has 0 N–H and O–H groups in total. The molecule has 2 rings (SSSR count). The van der Waals surface area contributed by atoms with Crippen LogP contribution >= 0.6 is 11.8 Å². The predicted octanol–water partition coefficient (Wildman–Crippen LogP) is 2.46. The molecule has 0 atom stereocenters. The molecule has 5 nitrogen and oxygen atoms in total. The van der Waals surface area contributed by atoms with Gasteiger partial charge < -0.3 is 4.74 Å². The summed E-state index contributed by atoms with van der Waals surface area (Å²) < 4.78 is 33.9. The zero-order valence-corrected chi connectivity index (χ0v) is 14.6. The SMILES string of the molecule is O=C(CCCCCS(=O)(=O)[O+]=C1COCCS1)C1CCCC1. The fourth-order valence-corrected chi connectivity index (χ4v) is 4.92. The molecule has 0 unspecified atom stereocenters. The van der Waals surface area contributed by atoms with Crippen LogP contribution in [0.25, 0.3) is 0 Å². The number of ketones is 1. The van der Waals surface area contributed by atoms with E-state index in [-0.39, 0.29) is 18.3 Å². The molecule has 1 aliphatic carbocycles. The highest BCUT2D eigenvalue weighted by atomic mass is 32.2. The first-order chi connectivity index (χ1) is 10.6. The molecule has 0 radical (unpaired) electrons. The molecule has 0 aromatic heterocycles. The molecule has 1 saturated heterocycles. The molecule has 126 valence electrons. The van der Waals surface area contributed by atoms with Gasteiger partial charge in [-0.2, -0.15) is 0 Å². The van der Waals surface area contributed by atoms with Crippen molar-refractivity contribution in [2.45, 2.75) is 51.4 Å². The Morgan fingerprint density at radius 2 is 2.00 bits per heavy atom. The lowest BCUT2D eigenvalue weighted by Gasteiger charge is -2.06. The number of rotatable bonds is 8. The van der Waals surface area contributed by atoms with Crippen LogP contribution in [-0.4, -0.2) is 44.0 Å². The van der Waals surface area contributed by atoms with Gasteiger partial charge in [0.2, 0.25) is 0 Å². The van der Waals surface area contributed by atoms with E-state index in [1.807, 2.05) is 0 Å². The lowest BCUT2D eigenvalue weighted by atomic mass is 9.98. The van der Waals surface area contributed by atoms with Crippen molar-refractivity contribution in [1.82, 2.24) is 0 Å². The van der Waals surface area contributed by atoms with Crippen LogP contribution in [0.3, 0.4) is 0 Å². The number of ether oxygens (including phenoxy) is 1. The Labute approximate surface area is 137 Å². The fraction of sp³-hybridized carbons (Fsp3) is 0.867. The number of hydrogen-bond donors (Lipinski definition) is 0. The van der Waals surface area contributed by atoms with Crippen LogP contribution in [0.4, 0.5) is 0 Å². The van der Waals surface area contributed by atoms with Crippen molar-refractivity contribution in [3.63, 3.8) is 0 Å². The van der Waals surface area contributed by atoms with Crippen molar-refractivity contribution in [2.75, 3.05) is 24.7 Å². The minimum atomic E-state index is -3.52. The normalized spacial score (nSPS) is 22.3. The molecule has 1 saturated carbocycles. The highest BCUT2D eigenvalue weighted by molar-refractivity contribution is 8.14. The number of hydrogen-bond acceptors (Lipinski definition) is 5. The van der Waals surface area contributed by atoms with Gasteiger partial charge >= 0.3 is 15.2 Å². The van der Waals surface area contributed by atoms with Gasteiger partial charge in [-0.15, -0.1) is 12.3 Å². The van der Waals surface area contributed by atoms with E-state index < -0.39 is 10.1 Å². The fourth-order valence-electron chi connectivity index (χ4n) is 2.85. The standard InChI is InChI=1S/C15H25O5S2/c16-14(13-6-3-4-7-13)8-2-1-5-11-22(17,18)20-15-12-19-9-10-21-15/h13H,1-12H2/q+1. The second kappa shape index (κ2) is 9.03. The lowest BCUT2D eigenvalue weighted by molar-refractivity contribution is -0.267. The summed E-state index contributed by atoms with van der Waals surface area (Å²) in [4.78, 5) is 11.9. The van der Waals surface area contributed by atoms with E-state index in [1.54, 1.807) is 0 Å². The van der Waals surface area contributed by atoms with Gasteiger partial charge in [-0.05, 0) is 37.4 Å². The summed E-state index contributed by atoms with van der Waals surface area (Å²) in [5.74, 6) is 1.37. The van der Waals surface area contributed by atoms with Crippen LogP contribution in [0.2, 0.25) is 0 Å². The monoisotopic (exact) mass is 349 g/mol. The maximum Gasteiger partial charge on any atom is 0.496 e. The molecule has 0 aromatic carbocycles. The van der Waals surface area contributed by atoms with Crippen molar-refractivity contribution < 1.29 is 21.8 Å². The molecular weight excluding hydrogens is 324 g/mol. The molecule has 22 heavy (non-hydrogen) atoms. The van der Waals surface area contributed by atoms with Crippen molar-refractivity contribution >= 4 is 32.8 Å². The maximum absolute atomic E-state index is 11.9. The second-order valence-electron chi connectivity index (χ2n) is 5.88. The second-order valence-corrected chi connectivity index (χ2v) is 8.72. The Hall–Kier alpha value is -0.400. The summed E-state index contributed by atoms with van der Waals surface area (Å²) in [5, 5.41) is 0.433. The van der Waals surface area contributed by atoms with E-state index in [1.165, 1.54) is 24.6 Å². The van der Waals surface area contributed by atoms with Crippen LogP contribution in [0.5, 0.6) is 0 Å². The summed E-state index contributed by atoms with van der Waals surface area (Å²) in [6.07, 6.45) is 7.09. The van der Waals surface area contributed by atoms with Gasteiger partial charge in [0, 0.05) is 18.1 Å². The van der Waals surface area contributed by atoms with Crippen LogP contribution in [0.15, 0.2) is 0 Å². The van der Waals surface area contributed by atoms with Crippen molar-refractivity contribution in [3.8, 4) is 0 Å². The van der Waals surface area contributed by atoms with E-state index in [4.69, 9.17) is 8.61 Å². The number of unbranched alkanes of at least 4 members (excludes halogenated alkanes) is 2. The third kappa shape index (κ3) is 6.38. The highest BCUT2D eigenvalue weighted by Gasteiger charge is 2.27. The molecule has 2 aliphatic rings. The van der Waals surface area contributed by atoms with Gasteiger partial charge in [0.25, 0.3) is 0 Å². The van der Waals surface area contributed by atoms with Gasteiger partial charge in [0.05, 0.1) is 6.61 Å². The Morgan fingerprint density at radius 1 is 1.23 bits per heavy atom. The number of carbonyl (C=O) groups is 1. The van der Waals surface area contributed by atoms with E-state index in [0.29, 0.717) is 30.3 Å². The van der Waals surface area contributed by atoms with E-state index >= 15 is 0 Å². The molecule has 1 heterocycles. The van der Waals surface area contributed by atoms with Crippen LogP contribution in [0.1, 0.15) is 51.4 Å². The van der Waals surface area contributed by atoms with E-state index in [2.05, 4.69) is 0 Å². The zero-order chi connectivity index (χ0) is 15.8. The quantitative estimate of drug-likeness (QED) is 0.497. The number of thioether (sulfide) groups is 1. The Bertz CT molecular complexity index is 484. The Balaban J connectivity index is 1.61. The lowest BCUT2D eigenvalue weighted by Crippen LogP contribution is -2.20. The molecule has 0 spiro atoms. The molecule has 0 amide bonds. The third-order valence-electron chi connectivity index (χ3n) is 4.06. The average Bonchev–Trinajstić information content (AvgIpc) is 3.01. The van der Waals surface area contributed by atoms with E-state index in [9.17, 15) is 13.2 Å². The van der Waals surface area contributed by atoms with Crippen molar-refractivity contribution in [3.05, 3.63) is 0 Å². The summed E-state index contributed by atoms with van der Waals surface area (Å²) in [6.45, 7) is 0.881. The first-order valence-electron chi connectivity index (χ1n) is 8.08. The molecule has 0 bridgehead atoms. The maximum atomic E-state index is 11.9. The smallest absolute Gasteiger partial charge is 0.366 e. The van der Waals surface area contributed by atoms with Gasteiger partial charge in [0.15, 0.2) is 6.61 Å². The van der Waals surface area contributed by atoms with Gasteiger partial charge in [-0.1, -0.05) is 19.3 Å². The molecular formula is C15H25O5S2+. The number of Topliss-reactive ketones (excluding diaryl/α,β-unsaturated/α-hetero) is 1.